The average Bonchev–Trinajstić information content (AvgIpc) is 2.60. The first-order valence-corrected chi connectivity index (χ1v) is 8.17. The highest BCUT2D eigenvalue weighted by Gasteiger charge is 2.23. The van der Waals surface area contributed by atoms with Crippen LogP contribution >= 0.6 is 0 Å². The van der Waals surface area contributed by atoms with E-state index < -0.39 is 36.5 Å². The molecular formula is C15H31N5O6. The predicted octanol–water partition coefficient (Wildman–Crippen LogP) is -1.85. The number of nitrogens with two attached hydrogens (primary N) is 2. The predicted molar refractivity (Wildman–Crippen MR) is 96.3 cm³/mol. The molecule has 2 atom stereocenters. The van der Waals surface area contributed by atoms with Crippen molar-refractivity contribution in [1.29, 1.82) is 0 Å². The molecule has 0 aromatic heterocycles. The third kappa shape index (κ3) is 15.1. The van der Waals surface area contributed by atoms with Gasteiger partial charge in [-0.05, 0) is 19.3 Å². The molecule has 152 valence electrons. The van der Waals surface area contributed by atoms with Gasteiger partial charge in [0.25, 0.3) is 5.97 Å². The van der Waals surface area contributed by atoms with Crippen molar-refractivity contribution in [3.05, 3.63) is 0 Å². The maximum absolute atomic E-state index is 11.6. The number of aliphatic imine (C=N–C) groups is 1. The van der Waals surface area contributed by atoms with Crippen LogP contribution < -0.4 is 22.1 Å². The number of hydrogen-bond donors (Lipinski definition) is 6. The van der Waals surface area contributed by atoms with E-state index in [-0.39, 0.29) is 0 Å². The van der Waals surface area contributed by atoms with Crippen LogP contribution in [0.25, 0.3) is 0 Å². The van der Waals surface area contributed by atoms with E-state index in [4.69, 9.17) is 26.5 Å². The molecule has 0 bridgehead atoms. The van der Waals surface area contributed by atoms with Crippen molar-refractivity contribution >= 4 is 23.8 Å². The highest BCUT2D eigenvalue weighted by Crippen LogP contribution is 2.00. The summed E-state index contributed by atoms with van der Waals surface area (Å²) < 4.78 is 4.63. The number of carboxylic acid groups (broad SMARTS) is 1. The molecule has 8 N–H and O–H groups in total. The van der Waals surface area contributed by atoms with Crippen LogP contribution in [-0.2, 0) is 19.1 Å². The van der Waals surface area contributed by atoms with E-state index in [9.17, 15) is 9.59 Å². The fraction of sp³-hybridized carbons (Fsp3) is 0.733. The Morgan fingerprint density at radius 3 is 2.35 bits per heavy atom. The molecule has 0 unspecified atom stereocenters. The number of nitrogens with zero attached hydrogens (tertiary/aromatic N) is 1. The summed E-state index contributed by atoms with van der Waals surface area (Å²) in [5.41, 5.74) is 11.0. The van der Waals surface area contributed by atoms with Crippen molar-refractivity contribution in [1.82, 2.24) is 10.6 Å². The first kappa shape index (κ1) is 25.8. The number of aliphatic hydroxyl groups is 1. The smallest absolute Gasteiger partial charge is 0.328 e. The lowest BCUT2D eigenvalue weighted by molar-refractivity contribution is -0.145. The van der Waals surface area contributed by atoms with Crippen LogP contribution in [0.2, 0.25) is 0 Å². The number of rotatable bonds is 10. The van der Waals surface area contributed by atoms with Crippen molar-refractivity contribution < 1.29 is 29.3 Å². The number of carbonyl (C=O) groups is 3. The summed E-state index contributed by atoms with van der Waals surface area (Å²) in [6, 6.07) is -1.88. The minimum Gasteiger partial charge on any atom is -0.481 e. The largest absolute Gasteiger partial charge is 0.481 e. The summed E-state index contributed by atoms with van der Waals surface area (Å²) in [7, 11) is 1.24. The van der Waals surface area contributed by atoms with E-state index in [0.29, 0.717) is 31.9 Å². The van der Waals surface area contributed by atoms with Crippen LogP contribution in [0, 0.1) is 0 Å². The van der Waals surface area contributed by atoms with Crippen LogP contribution in [0.4, 0.5) is 0 Å². The second-order valence-corrected chi connectivity index (χ2v) is 5.23. The highest BCUT2D eigenvalue weighted by molar-refractivity contribution is 5.87. The summed E-state index contributed by atoms with van der Waals surface area (Å²) in [6.07, 6.45) is 1.82. The number of aliphatic hydroxyl groups excluding tert-OH is 1. The minimum absolute atomic E-state index is 0.350. The lowest BCUT2D eigenvalue weighted by Crippen LogP contribution is -2.50. The van der Waals surface area contributed by atoms with Gasteiger partial charge in [0.05, 0.1) is 13.7 Å². The van der Waals surface area contributed by atoms with E-state index in [1.54, 1.807) is 0 Å². The molecule has 0 aliphatic carbocycles. The van der Waals surface area contributed by atoms with Gasteiger partial charge in [-0.1, -0.05) is 6.92 Å². The number of nitrogens with one attached hydrogen (secondary N) is 2. The van der Waals surface area contributed by atoms with Gasteiger partial charge in [0.15, 0.2) is 5.96 Å². The first-order chi connectivity index (χ1) is 12.2. The number of carboxylic acids is 1. The number of guanidine groups is 1. The fourth-order valence-corrected chi connectivity index (χ4v) is 1.56. The lowest BCUT2D eigenvalue weighted by atomic mass is 10.1. The van der Waals surface area contributed by atoms with E-state index in [1.807, 2.05) is 6.92 Å². The quantitative estimate of drug-likeness (QED) is 0.110. The van der Waals surface area contributed by atoms with Gasteiger partial charge in [0.1, 0.15) is 12.1 Å². The van der Waals surface area contributed by atoms with Crippen molar-refractivity contribution in [3.8, 4) is 0 Å². The van der Waals surface area contributed by atoms with Gasteiger partial charge < -0.3 is 37.1 Å². The number of hydrogen-bond acceptors (Lipinski definition) is 7. The van der Waals surface area contributed by atoms with Gasteiger partial charge in [-0.3, -0.25) is 14.6 Å². The zero-order valence-electron chi connectivity index (χ0n) is 15.5. The van der Waals surface area contributed by atoms with Crippen molar-refractivity contribution in [3.63, 3.8) is 0 Å². The molecule has 1 amide bonds. The molecule has 11 heteroatoms. The molecule has 0 spiro atoms. The summed E-state index contributed by atoms with van der Waals surface area (Å²) in [4.78, 5) is 36.3. The number of amides is 1. The zero-order chi connectivity index (χ0) is 20.5. The number of esters is 1. The second kappa shape index (κ2) is 16.1. The zero-order valence-corrected chi connectivity index (χ0v) is 15.5. The molecule has 0 fully saturated rings. The van der Waals surface area contributed by atoms with Gasteiger partial charge in [0.2, 0.25) is 5.91 Å². The topological polar surface area (TPSA) is 189 Å². The Balaban J connectivity index is 0. The third-order valence-electron chi connectivity index (χ3n) is 2.82. The maximum Gasteiger partial charge on any atom is 0.328 e. The number of methoxy groups -OCH3 is 1. The monoisotopic (exact) mass is 377 g/mol. The molecule has 0 heterocycles. The Morgan fingerprint density at radius 1 is 1.31 bits per heavy atom. The Labute approximate surface area is 153 Å². The normalized spacial score (nSPS) is 12.9. The van der Waals surface area contributed by atoms with Gasteiger partial charge in [-0.2, -0.15) is 0 Å². The van der Waals surface area contributed by atoms with E-state index >= 15 is 0 Å². The summed E-state index contributed by atoms with van der Waals surface area (Å²) in [6.45, 7) is 3.75. The molecule has 26 heavy (non-hydrogen) atoms. The van der Waals surface area contributed by atoms with Crippen molar-refractivity contribution in [2.75, 3.05) is 26.8 Å². The molecule has 0 aromatic carbocycles. The Hall–Kier alpha value is -2.40. The van der Waals surface area contributed by atoms with Gasteiger partial charge in [0, 0.05) is 20.0 Å². The minimum atomic E-state index is -1.07. The van der Waals surface area contributed by atoms with E-state index in [2.05, 4.69) is 20.4 Å². The van der Waals surface area contributed by atoms with Crippen LogP contribution in [0.1, 0.15) is 33.1 Å². The number of aliphatic carboxylic acids is 1. The van der Waals surface area contributed by atoms with Crippen LogP contribution in [0.15, 0.2) is 4.99 Å². The van der Waals surface area contributed by atoms with Crippen LogP contribution in [-0.4, -0.2) is 72.9 Å². The van der Waals surface area contributed by atoms with Gasteiger partial charge in [-0.15, -0.1) is 0 Å². The SMILES string of the molecule is CC(=O)O.CCCN=C(N)NCCC[C@H](NC(=O)[C@@H](N)CO)C(=O)OC. The number of ether oxygens (including phenoxy) is 1. The van der Waals surface area contributed by atoms with Gasteiger partial charge in [-0.25, -0.2) is 4.79 Å². The Morgan fingerprint density at radius 2 is 1.88 bits per heavy atom. The fourth-order valence-electron chi connectivity index (χ4n) is 1.56. The average molecular weight is 377 g/mol. The third-order valence-corrected chi connectivity index (χ3v) is 2.82. The maximum atomic E-state index is 11.6. The number of carbonyl (C=O) groups excluding carboxylic acids is 2. The molecule has 11 nitrogen and oxygen atoms in total. The first-order valence-electron chi connectivity index (χ1n) is 8.17. The lowest BCUT2D eigenvalue weighted by Gasteiger charge is -2.18. The van der Waals surface area contributed by atoms with Crippen LogP contribution in [0.5, 0.6) is 0 Å². The van der Waals surface area contributed by atoms with Crippen LogP contribution in [0.3, 0.4) is 0 Å². The Bertz CT molecular complexity index is 454. The summed E-state index contributed by atoms with van der Waals surface area (Å²) >= 11 is 0. The second-order valence-electron chi connectivity index (χ2n) is 5.23. The molecular weight excluding hydrogens is 346 g/mol. The highest BCUT2D eigenvalue weighted by atomic mass is 16.5. The molecule has 0 aromatic rings. The van der Waals surface area contributed by atoms with Gasteiger partial charge >= 0.3 is 5.97 Å². The van der Waals surface area contributed by atoms with Crippen molar-refractivity contribution in [2.45, 2.75) is 45.2 Å². The van der Waals surface area contributed by atoms with E-state index in [1.165, 1.54) is 7.11 Å². The molecule has 0 radical (unpaired) electrons. The molecule has 0 rings (SSSR count). The van der Waals surface area contributed by atoms with E-state index in [0.717, 1.165) is 13.3 Å². The standard InChI is InChI=1S/C13H27N5O4.C2H4O2/c1-3-6-16-13(15)17-7-4-5-10(12(21)22-2)18-11(20)9(14)8-19;1-2(3)4/h9-10,19H,3-8,14H2,1-2H3,(H,18,20)(H3,15,16,17);1H3,(H,3,4)/t9-,10-;/m0./s1. The summed E-state index contributed by atoms with van der Waals surface area (Å²) in [5.74, 6) is -1.65. The Kier molecular flexibility index (Phi) is 16.0. The molecule has 0 saturated carbocycles. The molecule has 0 aliphatic rings. The molecule has 0 saturated heterocycles. The molecule has 0 aliphatic heterocycles. The van der Waals surface area contributed by atoms with Crippen molar-refractivity contribution in [2.24, 2.45) is 16.5 Å². The summed E-state index contributed by atoms with van der Waals surface area (Å²) in [5, 5.41) is 21.6.